The summed E-state index contributed by atoms with van der Waals surface area (Å²) < 4.78 is 0. The van der Waals surface area contributed by atoms with Gasteiger partial charge in [0, 0.05) is 11.8 Å². The molecular weight excluding hydrogens is 186 g/mol. The number of hydrogen-bond acceptors (Lipinski definition) is 2. The van der Waals surface area contributed by atoms with Crippen LogP contribution in [0.1, 0.15) is 31.9 Å². The molecule has 0 unspecified atom stereocenters. The zero-order valence-corrected chi connectivity index (χ0v) is 9.37. The number of carbonyl (C=O) groups is 1. The lowest BCUT2D eigenvalue weighted by molar-refractivity contribution is -0.125. The molecule has 1 aromatic carbocycles. The minimum absolute atomic E-state index is 0.215. The highest BCUT2D eigenvalue weighted by atomic mass is 16.1. The summed E-state index contributed by atoms with van der Waals surface area (Å²) in [7, 11) is 0. The molecule has 78 valence electrons. The molecule has 0 N–H and O–H groups in total. The Morgan fingerprint density at radius 2 is 1.80 bits per heavy atom. The molecule has 0 aliphatic carbocycles. The van der Waals surface area contributed by atoms with Crippen LogP contribution in [0.15, 0.2) is 24.3 Å². The number of nitriles is 1. The van der Waals surface area contributed by atoms with E-state index in [9.17, 15) is 4.79 Å². The summed E-state index contributed by atoms with van der Waals surface area (Å²) in [6, 6.07) is 9.21. The van der Waals surface area contributed by atoms with Crippen LogP contribution in [-0.4, -0.2) is 5.78 Å². The first-order chi connectivity index (χ1) is 6.93. The monoisotopic (exact) mass is 201 g/mol. The maximum atomic E-state index is 11.7. The minimum atomic E-state index is -0.298. The molecule has 0 aliphatic heterocycles. The summed E-state index contributed by atoms with van der Waals surface area (Å²) in [5, 5.41) is 8.62. The predicted molar refractivity (Wildman–Crippen MR) is 59.3 cm³/mol. The first-order valence-corrected chi connectivity index (χ1v) is 4.96. The number of carbonyl (C=O) groups excluding carboxylic acids is 1. The van der Waals surface area contributed by atoms with Crippen LogP contribution in [0.4, 0.5) is 0 Å². The van der Waals surface area contributed by atoms with E-state index in [2.05, 4.69) is 6.07 Å². The number of ketones is 1. The lowest BCUT2D eigenvalue weighted by Gasteiger charge is -2.16. The topological polar surface area (TPSA) is 40.9 Å². The molecule has 1 aromatic rings. The third kappa shape index (κ3) is 3.21. The van der Waals surface area contributed by atoms with Gasteiger partial charge in [-0.15, -0.1) is 0 Å². The third-order valence-corrected chi connectivity index (χ3v) is 2.28. The summed E-state index contributed by atoms with van der Waals surface area (Å²) in [6.45, 7) is 5.75. The fourth-order valence-electron chi connectivity index (χ4n) is 1.15. The molecule has 0 fully saturated rings. The van der Waals surface area contributed by atoms with Crippen LogP contribution in [0.5, 0.6) is 0 Å². The van der Waals surface area contributed by atoms with Crippen LogP contribution in [-0.2, 0) is 11.2 Å². The molecule has 15 heavy (non-hydrogen) atoms. The summed E-state index contributed by atoms with van der Waals surface area (Å²) in [6.07, 6.45) is 0.440. The van der Waals surface area contributed by atoms with Gasteiger partial charge in [0.1, 0.15) is 5.78 Å². The Morgan fingerprint density at radius 3 is 2.20 bits per heavy atom. The second kappa shape index (κ2) is 4.27. The van der Waals surface area contributed by atoms with E-state index in [0.29, 0.717) is 12.0 Å². The number of nitrogens with zero attached hydrogens (tertiary/aromatic N) is 1. The standard InChI is InChI=1S/C13H15NO/c1-13(2,3)12(15)8-10-4-6-11(9-14)7-5-10/h4-7H,8H2,1-3H3. The fourth-order valence-corrected chi connectivity index (χ4v) is 1.15. The molecule has 0 amide bonds. The Morgan fingerprint density at radius 1 is 1.27 bits per heavy atom. The molecule has 0 aliphatic rings. The van der Waals surface area contributed by atoms with Crippen molar-refractivity contribution in [1.82, 2.24) is 0 Å². The smallest absolute Gasteiger partial charge is 0.142 e. The molecule has 0 heterocycles. The molecule has 0 saturated carbocycles. The highest BCUT2D eigenvalue weighted by Gasteiger charge is 2.20. The SMILES string of the molecule is CC(C)(C)C(=O)Cc1ccc(C#N)cc1. The van der Waals surface area contributed by atoms with E-state index in [4.69, 9.17) is 5.26 Å². The summed E-state index contributed by atoms with van der Waals surface area (Å²) in [4.78, 5) is 11.7. The Balaban J connectivity index is 2.75. The average molecular weight is 201 g/mol. The Bertz CT molecular complexity index is 390. The highest BCUT2D eigenvalue weighted by Crippen LogP contribution is 2.17. The first-order valence-electron chi connectivity index (χ1n) is 4.96. The van der Waals surface area contributed by atoms with Crippen molar-refractivity contribution in [2.24, 2.45) is 5.41 Å². The average Bonchev–Trinajstić information content (AvgIpc) is 2.17. The van der Waals surface area contributed by atoms with Gasteiger partial charge in [-0.2, -0.15) is 5.26 Å². The zero-order valence-electron chi connectivity index (χ0n) is 9.37. The highest BCUT2D eigenvalue weighted by molar-refractivity contribution is 5.85. The van der Waals surface area contributed by atoms with Gasteiger partial charge in [0.05, 0.1) is 11.6 Å². The lowest BCUT2D eigenvalue weighted by atomic mass is 9.87. The molecule has 0 radical (unpaired) electrons. The van der Waals surface area contributed by atoms with Crippen molar-refractivity contribution in [3.63, 3.8) is 0 Å². The van der Waals surface area contributed by atoms with Crippen molar-refractivity contribution >= 4 is 5.78 Å². The van der Waals surface area contributed by atoms with Crippen molar-refractivity contribution in [1.29, 1.82) is 5.26 Å². The molecule has 0 aromatic heterocycles. The van der Waals surface area contributed by atoms with E-state index in [1.807, 2.05) is 32.9 Å². The van der Waals surface area contributed by atoms with Crippen LogP contribution in [0.2, 0.25) is 0 Å². The second-order valence-electron chi connectivity index (χ2n) is 4.66. The van der Waals surface area contributed by atoms with Crippen molar-refractivity contribution in [2.75, 3.05) is 0 Å². The molecule has 0 spiro atoms. The van der Waals surface area contributed by atoms with Crippen molar-refractivity contribution in [3.8, 4) is 6.07 Å². The Labute approximate surface area is 90.5 Å². The third-order valence-electron chi connectivity index (χ3n) is 2.28. The van der Waals surface area contributed by atoms with Crippen LogP contribution in [0.3, 0.4) is 0 Å². The van der Waals surface area contributed by atoms with Gasteiger partial charge in [-0.3, -0.25) is 4.79 Å². The van der Waals surface area contributed by atoms with Gasteiger partial charge in [-0.25, -0.2) is 0 Å². The number of rotatable bonds is 2. The van der Waals surface area contributed by atoms with E-state index >= 15 is 0 Å². The van der Waals surface area contributed by atoms with Crippen molar-refractivity contribution < 1.29 is 4.79 Å². The van der Waals surface area contributed by atoms with Gasteiger partial charge >= 0.3 is 0 Å². The largest absolute Gasteiger partial charge is 0.299 e. The van der Waals surface area contributed by atoms with Gasteiger partial charge in [-0.1, -0.05) is 32.9 Å². The number of hydrogen-bond donors (Lipinski definition) is 0. The van der Waals surface area contributed by atoms with Gasteiger partial charge in [0.25, 0.3) is 0 Å². The number of benzene rings is 1. The zero-order chi connectivity index (χ0) is 11.5. The fraction of sp³-hybridized carbons (Fsp3) is 0.385. The normalized spacial score (nSPS) is 10.8. The van der Waals surface area contributed by atoms with E-state index in [1.165, 1.54) is 0 Å². The van der Waals surface area contributed by atoms with Crippen LogP contribution in [0, 0.1) is 16.7 Å². The second-order valence-corrected chi connectivity index (χ2v) is 4.66. The first kappa shape index (κ1) is 11.5. The van der Waals surface area contributed by atoms with Gasteiger partial charge in [-0.05, 0) is 17.7 Å². The Kier molecular flexibility index (Phi) is 3.26. The van der Waals surface area contributed by atoms with E-state index in [-0.39, 0.29) is 11.2 Å². The molecule has 0 bridgehead atoms. The number of Topliss-reactive ketones (excluding diaryl/α,β-unsaturated/α-hetero) is 1. The van der Waals surface area contributed by atoms with Crippen LogP contribution in [0.25, 0.3) is 0 Å². The van der Waals surface area contributed by atoms with E-state index in [1.54, 1.807) is 12.1 Å². The predicted octanol–water partition coefficient (Wildman–Crippen LogP) is 2.72. The van der Waals surface area contributed by atoms with Gasteiger partial charge in [0.2, 0.25) is 0 Å². The van der Waals surface area contributed by atoms with Gasteiger partial charge < -0.3 is 0 Å². The lowest BCUT2D eigenvalue weighted by Crippen LogP contribution is -2.21. The maximum absolute atomic E-state index is 11.7. The minimum Gasteiger partial charge on any atom is -0.299 e. The molecular formula is C13H15NO. The molecule has 0 saturated heterocycles. The maximum Gasteiger partial charge on any atom is 0.142 e. The van der Waals surface area contributed by atoms with Crippen LogP contribution >= 0.6 is 0 Å². The van der Waals surface area contributed by atoms with Gasteiger partial charge in [0.15, 0.2) is 0 Å². The van der Waals surface area contributed by atoms with Crippen molar-refractivity contribution in [3.05, 3.63) is 35.4 Å². The summed E-state index contributed by atoms with van der Waals surface area (Å²) in [5.74, 6) is 0.215. The molecule has 2 nitrogen and oxygen atoms in total. The summed E-state index contributed by atoms with van der Waals surface area (Å²) in [5.41, 5.74) is 1.30. The quantitative estimate of drug-likeness (QED) is 0.738. The Hall–Kier alpha value is -1.62. The van der Waals surface area contributed by atoms with Crippen LogP contribution < -0.4 is 0 Å². The van der Waals surface area contributed by atoms with Crippen molar-refractivity contribution in [2.45, 2.75) is 27.2 Å². The molecule has 0 atom stereocenters. The molecule has 2 heteroatoms. The van der Waals surface area contributed by atoms with E-state index in [0.717, 1.165) is 5.56 Å². The summed E-state index contributed by atoms with van der Waals surface area (Å²) >= 11 is 0. The van der Waals surface area contributed by atoms with E-state index < -0.39 is 0 Å². The molecule has 1 rings (SSSR count).